The SMILES string of the molecule is CC1CC(=O)N(C(C)C2CCNCC2)C1=O. The molecule has 2 aliphatic heterocycles. The first-order valence-electron chi connectivity index (χ1n) is 6.18. The number of piperidine rings is 1. The van der Waals surface area contributed by atoms with Gasteiger partial charge in [-0.3, -0.25) is 14.5 Å². The molecule has 0 aliphatic carbocycles. The highest BCUT2D eigenvalue weighted by atomic mass is 16.2. The van der Waals surface area contributed by atoms with Gasteiger partial charge in [0.05, 0.1) is 0 Å². The summed E-state index contributed by atoms with van der Waals surface area (Å²) in [5.41, 5.74) is 0. The largest absolute Gasteiger partial charge is 0.317 e. The van der Waals surface area contributed by atoms with E-state index in [-0.39, 0.29) is 23.8 Å². The van der Waals surface area contributed by atoms with E-state index in [1.54, 1.807) is 0 Å². The molecule has 90 valence electrons. The van der Waals surface area contributed by atoms with E-state index in [2.05, 4.69) is 5.32 Å². The van der Waals surface area contributed by atoms with Crippen molar-refractivity contribution >= 4 is 11.8 Å². The van der Waals surface area contributed by atoms with Crippen LogP contribution in [-0.2, 0) is 9.59 Å². The zero-order chi connectivity index (χ0) is 11.7. The lowest BCUT2D eigenvalue weighted by Gasteiger charge is -2.33. The topological polar surface area (TPSA) is 49.4 Å². The normalized spacial score (nSPS) is 29.9. The van der Waals surface area contributed by atoms with Gasteiger partial charge < -0.3 is 5.32 Å². The average molecular weight is 224 g/mol. The smallest absolute Gasteiger partial charge is 0.232 e. The number of rotatable bonds is 2. The van der Waals surface area contributed by atoms with Crippen LogP contribution in [0.3, 0.4) is 0 Å². The van der Waals surface area contributed by atoms with Crippen LogP contribution in [0.25, 0.3) is 0 Å². The van der Waals surface area contributed by atoms with Gasteiger partial charge in [0.1, 0.15) is 0 Å². The highest BCUT2D eigenvalue weighted by Gasteiger charge is 2.40. The van der Waals surface area contributed by atoms with E-state index in [0.29, 0.717) is 12.3 Å². The van der Waals surface area contributed by atoms with Crippen molar-refractivity contribution in [1.82, 2.24) is 10.2 Å². The Bertz CT molecular complexity index is 297. The van der Waals surface area contributed by atoms with E-state index in [9.17, 15) is 9.59 Å². The maximum absolute atomic E-state index is 11.9. The Morgan fingerprint density at radius 1 is 1.31 bits per heavy atom. The summed E-state index contributed by atoms with van der Waals surface area (Å²) in [5.74, 6) is 0.399. The molecule has 2 saturated heterocycles. The van der Waals surface area contributed by atoms with E-state index in [4.69, 9.17) is 0 Å². The molecule has 0 radical (unpaired) electrons. The lowest BCUT2D eigenvalue weighted by molar-refractivity contribution is -0.143. The summed E-state index contributed by atoms with van der Waals surface area (Å²) in [5, 5.41) is 3.30. The zero-order valence-electron chi connectivity index (χ0n) is 10.0. The second kappa shape index (κ2) is 4.53. The van der Waals surface area contributed by atoms with Crippen LogP contribution in [0.5, 0.6) is 0 Å². The van der Waals surface area contributed by atoms with Crippen molar-refractivity contribution in [2.75, 3.05) is 13.1 Å². The molecular weight excluding hydrogens is 204 g/mol. The Morgan fingerprint density at radius 2 is 1.94 bits per heavy atom. The minimum atomic E-state index is -0.114. The van der Waals surface area contributed by atoms with E-state index >= 15 is 0 Å². The molecule has 0 aromatic carbocycles. The first kappa shape index (κ1) is 11.6. The first-order chi connectivity index (χ1) is 7.61. The second-order valence-electron chi connectivity index (χ2n) is 5.04. The highest BCUT2D eigenvalue weighted by molar-refractivity contribution is 6.03. The lowest BCUT2D eigenvalue weighted by Crippen LogP contribution is -2.45. The third-order valence-electron chi connectivity index (χ3n) is 3.88. The number of hydrogen-bond acceptors (Lipinski definition) is 3. The molecule has 2 aliphatic rings. The Balaban J connectivity index is 2.05. The van der Waals surface area contributed by atoms with Crippen LogP contribution in [-0.4, -0.2) is 35.8 Å². The van der Waals surface area contributed by atoms with Gasteiger partial charge in [0.2, 0.25) is 11.8 Å². The molecule has 4 nitrogen and oxygen atoms in total. The standard InChI is InChI=1S/C12H20N2O2/c1-8-7-11(15)14(12(8)16)9(2)10-3-5-13-6-4-10/h8-10,13H,3-7H2,1-2H3. The van der Waals surface area contributed by atoms with Crippen LogP contribution in [0.2, 0.25) is 0 Å². The van der Waals surface area contributed by atoms with E-state index < -0.39 is 0 Å². The molecule has 1 N–H and O–H groups in total. The Morgan fingerprint density at radius 3 is 2.44 bits per heavy atom. The lowest BCUT2D eigenvalue weighted by atomic mass is 9.90. The summed E-state index contributed by atoms with van der Waals surface area (Å²) in [6, 6.07) is 0.0760. The summed E-state index contributed by atoms with van der Waals surface area (Å²) in [4.78, 5) is 25.2. The quantitative estimate of drug-likeness (QED) is 0.705. The summed E-state index contributed by atoms with van der Waals surface area (Å²) in [7, 11) is 0. The van der Waals surface area contributed by atoms with Gasteiger partial charge in [-0.1, -0.05) is 6.92 Å². The molecule has 0 spiro atoms. The molecule has 2 amide bonds. The molecule has 0 bridgehead atoms. The Hall–Kier alpha value is -0.900. The van der Waals surface area contributed by atoms with Crippen LogP contribution in [0.15, 0.2) is 0 Å². The summed E-state index contributed by atoms with van der Waals surface area (Å²) < 4.78 is 0. The maximum atomic E-state index is 11.9. The van der Waals surface area contributed by atoms with Crippen molar-refractivity contribution in [3.63, 3.8) is 0 Å². The Labute approximate surface area is 96.4 Å². The van der Waals surface area contributed by atoms with Gasteiger partial charge >= 0.3 is 0 Å². The summed E-state index contributed by atoms with van der Waals surface area (Å²) >= 11 is 0. The molecule has 16 heavy (non-hydrogen) atoms. The molecule has 0 aromatic rings. The number of likely N-dealkylation sites (tertiary alicyclic amines) is 1. The number of amides is 2. The molecule has 2 atom stereocenters. The van der Waals surface area contributed by atoms with Gasteiger partial charge in [-0.05, 0) is 38.8 Å². The van der Waals surface area contributed by atoms with E-state index in [1.165, 1.54) is 4.90 Å². The van der Waals surface area contributed by atoms with Crippen LogP contribution in [0, 0.1) is 11.8 Å². The highest BCUT2D eigenvalue weighted by Crippen LogP contribution is 2.27. The molecule has 2 rings (SSSR count). The molecule has 2 heterocycles. The van der Waals surface area contributed by atoms with Gasteiger partial charge in [0.25, 0.3) is 0 Å². The maximum Gasteiger partial charge on any atom is 0.232 e. The number of nitrogens with zero attached hydrogens (tertiary/aromatic N) is 1. The summed E-state index contributed by atoms with van der Waals surface area (Å²) in [6.07, 6.45) is 2.52. The van der Waals surface area contributed by atoms with Gasteiger partial charge in [-0.2, -0.15) is 0 Å². The fourth-order valence-corrected chi connectivity index (χ4v) is 2.77. The fourth-order valence-electron chi connectivity index (χ4n) is 2.77. The first-order valence-corrected chi connectivity index (χ1v) is 6.18. The molecule has 2 unspecified atom stereocenters. The van der Waals surface area contributed by atoms with Crippen molar-refractivity contribution in [2.24, 2.45) is 11.8 Å². The number of imide groups is 1. The third kappa shape index (κ3) is 1.98. The van der Waals surface area contributed by atoms with Crippen LogP contribution < -0.4 is 5.32 Å². The fraction of sp³-hybridized carbons (Fsp3) is 0.833. The number of nitrogens with one attached hydrogen (secondary N) is 1. The second-order valence-corrected chi connectivity index (χ2v) is 5.04. The summed E-state index contributed by atoms with van der Waals surface area (Å²) in [6.45, 7) is 5.86. The van der Waals surface area contributed by atoms with Crippen molar-refractivity contribution in [1.29, 1.82) is 0 Å². The van der Waals surface area contributed by atoms with Gasteiger partial charge in [-0.15, -0.1) is 0 Å². The van der Waals surface area contributed by atoms with Crippen LogP contribution >= 0.6 is 0 Å². The average Bonchev–Trinajstić information content (AvgIpc) is 2.54. The van der Waals surface area contributed by atoms with Crippen molar-refractivity contribution in [3.8, 4) is 0 Å². The van der Waals surface area contributed by atoms with Gasteiger partial charge in [0.15, 0.2) is 0 Å². The minimum absolute atomic E-state index is 0.0172. The van der Waals surface area contributed by atoms with Crippen LogP contribution in [0.1, 0.15) is 33.1 Å². The molecule has 4 heteroatoms. The van der Waals surface area contributed by atoms with E-state index in [1.807, 2.05) is 13.8 Å². The molecular formula is C12H20N2O2. The number of hydrogen-bond donors (Lipinski definition) is 1. The van der Waals surface area contributed by atoms with Gasteiger partial charge in [-0.25, -0.2) is 0 Å². The Kier molecular flexibility index (Phi) is 3.28. The monoisotopic (exact) mass is 224 g/mol. The predicted molar refractivity (Wildman–Crippen MR) is 60.7 cm³/mol. The van der Waals surface area contributed by atoms with E-state index in [0.717, 1.165) is 25.9 Å². The van der Waals surface area contributed by atoms with Crippen molar-refractivity contribution < 1.29 is 9.59 Å². The third-order valence-corrected chi connectivity index (χ3v) is 3.88. The van der Waals surface area contributed by atoms with Crippen molar-refractivity contribution in [3.05, 3.63) is 0 Å². The number of carbonyl (C=O) groups excluding carboxylic acids is 2. The number of carbonyl (C=O) groups is 2. The zero-order valence-corrected chi connectivity index (χ0v) is 10.0. The predicted octanol–water partition coefficient (Wildman–Crippen LogP) is 0.769. The molecule has 2 fully saturated rings. The van der Waals surface area contributed by atoms with Gasteiger partial charge in [0, 0.05) is 18.4 Å². The van der Waals surface area contributed by atoms with Crippen LogP contribution in [0.4, 0.5) is 0 Å². The van der Waals surface area contributed by atoms with Crippen molar-refractivity contribution in [2.45, 2.75) is 39.2 Å². The minimum Gasteiger partial charge on any atom is -0.317 e. The molecule has 0 aromatic heterocycles. The molecule has 0 saturated carbocycles.